The number of aryl methyl sites for hydroxylation is 2. The molecule has 1 nitrogen and oxygen atoms in total. The second kappa shape index (κ2) is 6.75. The van der Waals surface area contributed by atoms with Gasteiger partial charge in [0.15, 0.2) is 0 Å². The predicted octanol–water partition coefficient (Wildman–Crippen LogP) is 4.83. The molecule has 0 aliphatic heterocycles. The maximum atomic E-state index is 6.26. The smallest absolute Gasteiger partial charge is 0.0449 e. The Balaban J connectivity index is 2.04. The molecule has 0 heterocycles. The minimum atomic E-state index is 0.0794. The molecular weight excluding hydrogens is 334 g/mol. The molecule has 0 aliphatic carbocycles. The average Bonchev–Trinajstić information content (AvgIpc) is 2.37. The van der Waals surface area contributed by atoms with Crippen LogP contribution in [0.5, 0.6) is 0 Å². The van der Waals surface area contributed by atoms with Gasteiger partial charge in [0.2, 0.25) is 0 Å². The summed E-state index contributed by atoms with van der Waals surface area (Å²) in [6.07, 6.45) is 1.66. The first-order valence-electron chi connectivity index (χ1n) is 6.71. The Bertz CT molecular complexity index is 610. The monoisotopic (exact) mass is 351 g/mol. The SMILES string of the molecule is Cc1ccc(CC(N)Cc2ccc(Br)cc2Cl)cc1C. The fourth-order valence-electron chi connectivity index (χ4n) is 2.28. The second-order valence-corrected chi connectivity index (χ2v) is 6.65. The highest BCUT2D eigenvalue weighted by atomic mass is 79.9. The van der Waals surface area contributed by atoms with Gasteiger partial charge in [-0.05, 0) is 61.1 Å². The first-order valence-corrected chi connectivity index (χ1v) is 7.88. The van der Waals surface area contributed by atoms with Gasteiger partial charge in [0.1, 0.15) is 0 Å². The van der Waals surface area contributed by atoms with Crippen molar-refractivity contribution in [3.63, 3.8) is 0 Å². The quantitative estimate of drug-likeness (QED) is 0.838. The molecule has 0 bridgehead atoms. The van der Waals surface area contributed by atoms with Crippen LogP contribution in [0.2, 0.25) is 5.02 Å². The number of hydrogen-bond acceptors (Lipinski definition) is 1. The summed E-state index contributed by atoms with van der Waals surface area (Å²) in [4.78, 5) is 0. The topological polar surface area (TPSA) is 26.0 Å². The predicted molar refractivity (Wildman–Crippen MR) is 90.5 cm³/mol. The van der Waals surface area contributed by atoms with Gasteiger partial charge in [-0.1, -0.05) is 51.8 Å². The van der Waals surface area contributed by atoms with E-state index in [9.17, 15) is 0 Å². The summed E-state index contributed by atoms with van der Waals surface area (Å²) in [5, 5.41) is 0.773. The summed E-state index contributed by atoms with van der Waals surface area (Å²) in [5.74, 6) is 0. The normalized spacial score (nSPS) is 12.4. The molecule has 0 aromatic heterocycles. The zero-order chi connectivity index (χ0) is 14.7. The number of benzene rings is 2. The molecule has 0 radical (unpaired) electrons. The minimum Gasteiger partial charge on any atom is -0.327 e. The maximum Gasteiger partial charge on any atom is 0.0449 e. The van der Waals surface area contributed by atoms with E-state index in [4.69, 9.17) is 17.3 Å². The molecule has 0 aliphatic rings. The van der Waals surface area contributed by atoms with Crippen molar-refractivity contribution in [2.75, 3.05) is 0 Å². The van der Waals surface area contributed by atoms with Crippen LogP contribution in [0.3, 0.4) is 0 Å². The van der Waals surface area contributed by atoms with Gasteiger partial charge >= 0.3 is 0 Å². The molecule has 2 rings (SSSR count). The third kappa shape index (κ3) is 4.08. The van der Waals surface area contributed by atoms with Gasteiger partial charge in [-0.2, -0.15) is 0 Å². The molecule has 106 valence electrons. The third-order valence-corrected chi connectivity index (χ3v) is 4.41. The lowest BCUT2D eigenvalue weighted by molar-refractivity contribution is 0.664. The second-order valence-electron chi connectivity index (χ2n) is 5.32. The molecule has 0 spiro atoms. The van der Waals surface area contributed by atoms with Crippen LogP contribution in [0, 0.1) is 13.8 Å². The average molecular weight is 353 g/mol. The van der Waals surface area contributed by atoms with Crippen molar-refractivity contribution >= 4 is 27.5 Å². The molecule has 0 saturated heterocycles. The lowest BCUT2D eigenvalue weighted by Gasteiger charge is -2.14. The van der Waals surface area contributed by atoms with E-state index in [1.807, 2.05) is 18.2 Å². The Morgan fingerprint density at radius 1 is 1.05 bits per heavy atom. The summed E-state index contributed by atoms with van der Waals surface area (Å²) in [7, 11) is 0. The van der Waals surface area contributed by atoms with E-state index in [2.05, 4.69) is 48.0 Å². The third-order valence-electron chi connectivity index (χ3n) is 3.57. The Morgan fingerprint density at radius 2 is 1.80 bits per heavy atom. The fourth-order valence-corrected chi connectivity index (χ4v) is 3.03. The van der Waals surface area contributed by atoms with E-state index in [0.717, 1.165) is 27.9 Å². The van der Waals surface area contributed by atoms with Crippen molar-refractivity contribution in [3.8, 4) is 0 Å². The molecule has 0 fully saturated rings. The Hall–Kier alpha value is -0.830. The highest BCUT2D eigenvalue weighted by Gasteiger charge is 2.09. The summed E-state index contributed by atoms with van der Waals surface area (Å²) in [5.41, 5.74) is 11.3. The lowest BCUT2D eigenvalue weighted by Crippen LogP contribution is -2.25. The van der Waals surface area contributed by atoms with Crippen LogP contribution in [0.4, 0.5) is 0 Å². The van der Waals surface area contributed by atoms with E-state index in [-0.39, 0.29) is 6.04 Å². The summed E-state index contributed by atoms with van der Waals surface area (Å²) < 4.78 is 0.994. The van der Waals surface area contributed by atoms with Gasteiger partial charge in [-0.3, -0.25) is 0 Å². The zero-order valence-electron chi connectivity index (χ0n) is 11.8. The van der Waals surface area contributed by atoms with Gasteiger partial charge in [0.05, 0.1) is 0 Å². The minimum absolute atomic E-state index is 0.0794. The molecule has 0 saturated carbocycles. The first kappa shape index (κ1) is 15.6. The van der Waals surface area contributed by atoms with Crippen LogP contribution >= 0.6 is 27.5 Å². The van der Waals surface area contributed by atoms with Gasteiger partial charge < -0.3 is 5.73 Å². The molecule has 2 aromatic rings. The molecule has 20 heavy (non-hydrogen) atoms. The molecule has 0 amide bonds. The van der Waals surface area contributed by atoms with Crippen molar-refractivity contribution < 1.29 is 0 Å². The van der Waals surface area contributed by atoms with Crippen LogP contribution in [0.25, 0.3) is 0 Å². The number of hydrogen-bond donors (Lipinski definition) is 1. The highest BCUT2D eigenvalue weighted by molar-refractivity contribution is 9.10. The summed E-state index contributed by atoms with van der Waals surface area (Å²) >= 11 is 9.65. The Morgan fingerprint density at radius 3 is 2.45 bits per heavy atom. The molecule has 3 heteroatoms. The fraction of sp³-hybridized carbons (Fsp3) is 0.294. The van der Waals surface area contributed by atoms with Crippen molar-refractivity contribution in [2.45, 2.75) is 32.7 Å². The van der Waals surface area contributed by atoms with Crippen LogP contribution in [-0.4, -0.2) is 6.04 Å². The first-order chi connectivity index (χ1) is 9.45. The maximum absolute atomic E-state index is 6.26. The van der Waals surface area contributed by atoms with Crippen LogP contribution < -0.4 is 5.73 Å². The highest BCUT2D eigenvalue weighted by Crippen LogP contribution is 2.23. The van der Waals surface area contributed by atoms with E-state index in [1.165, 1.54) is 16.7 Å². The molecule has 1 atom stereocenters. The Labute approximate surface area is 134 Å². The van der Waals surface area contributed by atoms with Crippen molar-refractivity contribution in [2.24, 2.45) is 5.73 Å². The summed E-state index contributed by atoms with van der Waals surface area (Å²) in [6, 6.07) is 12.6. The standard InChI is InChI=1S/C17H19BrClN/c1-11-3-4-13(7-12(11)2)8-16(20)9-14-5-6-15(18)10-17(14)19/h3-7,10,16H,8-9,20H2,1-2H3. The van der Waals surface area contributed by atoms with Gasteiger partial charge in [-0.15, -0.1) is 0 Å². The molecule has 2 aromatic carbocycles. The number of rotatable bonds is 4. The van der Waals surface area contributed by atoms with E-state index in [0.29, 0.717) is 0 Å². The van der Waals surface area contributed by atoms with Gasteiger partial charge in [0, 0.05) is 15.5 Å². The van der Waals surface area contributed by atoms with Crippen molar-refractivity contribution in [1.82, 2.24) is 0 Å². The van der Waals surface area contributed by atoms with Crippen LogP contribution in [-0.2, 0) is 12.8 Å². The van der Waals surface area contributed by atoms with Crippen molar-refractivity contribution in [1.29, 1.82) is 0 Å². The summed E-state index contributed by atoms with van der Waals surface area (Å²) in [6.45, 7) is 4.26. The van der Waals surface area contributed by atoms with Crippen LogP contribution in [0.15, 0.2) is 40.9 Å². The number of halogens is 2. The van der Waals surface area contributed by atoms with Crippen LogP contribution in [0.1, 0.15) is 22.3 Å². The van der Waals surface area contributed by atoms with E-state index < -0.39 is 0 Å². The number of nitrogens with two attached hydrogens (primary N) is 1. The molecule has 1 unspecified atom stereocenters. The van der Waals surface area contributed by atoms with Gasteiger partial charge in [-0.25, -0.2) is 0 Å². The van der Waals surface area contributed by atoms with Gasteiger partial charge in [0.25, 0.3) is 0 Å². The van der Waals surface area contributed by atoms with Crippen molar-refractivity contribution in [3.05, 3.63) is 68.1 Å². The lowest BCUT2D eigenvalue weighted by atomic mass is 9.97. The van der Waals surface area contributed by atoms with E-state index in [1.54, 1.807) is 0 Å². The molecule has 2 N–H and O–H groups in total. The van der Waals surface area contributed by atoms with E-state index >= 15 is 0 Å². The largest absolute Gasteiger partial charge is 0.327 e. The Kier molecular flexibility index (Phi) is 5.25. The molecular formula is C17H19BrClN. The zero-order valence-corrected chi connectivity index (χ0v) is 14.1.